The number of hydrogen-bond donors (Lipinski definition) is 1. The summed E-state index contributed by atoms with van der Waals surface area (Å²) in [5.41, 5.74) is -0.922. The van der Waals surface area contributed by atoms with Crippen molar-refractivity contribution in [3.8, 4) is 0 Å². The number of halogens is 3. The smallest absolute Gasteiger partial charge is 0.370 e. The maximum Gasteiger partial charge on any atom is 0.418 e. The molecule has 0 saturated carbocycles. The average Bonchev–Trinajstić information content (AvgIpc) is 2.71. The Kier molecular flexibility index (Phi) is 6.09. The van der Waals surface area contributed by atoms with Crippen molar-refractivity contribution in [1.82, 2.24) is 0 Å². The van der Waals surface area contributed by atoms with Gasteiger partial charge in [0.25, 0.3) is 0 Å². The molecule has 0 amide bonds. The Bertz CT molecular complexity index is 678. The van der Waals surface area contributed by atoms with Crippen LogP contribution in [-0.4, -0.2) is 32.5 Å². The number of nitrogens with zero attached hydrogens (tertiary/aromatic N) is 1. The van der Waals surface area contributed by atoms with Crippen molar-refractivity contribution in [2.75, 3.05) is 23.7 Å². The van der Waals surface area contributed by atoms with Crippen LogP contribution in [0.5, 0.6) is 0 Å². The minimum Gasteiger partial charge on any atom is -0.370 e. The molecule has 1 fully saturated rings. The maximum absolute atomic E-state index is 13.5. The van der Waals surface area contributed by atoms with Crippen LogP contribution in [0.4, 0.5) is 18.9 Å². The van der Waals surface area contributed by atoms with Gasteiger partial charge in [-0.05, 0) is 36.8 Å². The van der Waals surface area contributed by atoms with Gasteiger partial charge in [-0.2, -0.15) is 24.9 Å². The van der Waals surface area contributed by atoms with E-state index in [4.69, 9.17) is 5.14 Å². The molecular weight excluding hydrogens is 361 g/mol. The maximum atomic E-state index is 13.5. The molecule has 0 aliphatic carbocycles. The number of primary sulfonamides is 1. The van der Waals surface area contributed by atoms with Gasteiger partial charge in [-0.15, -0.1) is 0 Å². The molecular formula is C15H21F3N2O2S2. The van der Waals surface area contributed by atoms with E-state index in [-0.39, 0.29) is 10.9 Å². The summed E-state index contributed by atoms with van der Waals surface area (Å²) in [6, 6.07) is 3.01. The van der Waals surface area contributed by atoms with Crippen molar-refractivity contribution in [2.45, 2.75) is 42.5 Å². The van der Waals surface area contributed by atoms with Crippen molar-refractivity contribution in [3.63, 3.8) is 0 Å². The van der Waals surface area contributed by atoms with Gasteiger partial charge in [0.05, 0.1) is 10.5 Å². The summed E-state index contributed by atoms with van der Waals surface area (Å²) in [7, 11) is -4.18. The number of alkyl halides is 3. The molecule has 2 rings (SSSR count). The highest BCUT2D eigenvalue weighted by Gasteiger charge is 2.36. The van der Waals surface area contributed by atoms with E-state index < -0.39 is 26.7 Å². The quantitative estimate of drug-likeness (QED) is 0.866. The molecule has 1 heterocycles. The van der Waals surface area contributed by atoms with Crippen LogP contribution in [0.2, 0.25) is 0 Å². The van der Waals surface area contributed by atoms with E-state index in [0.717, 1.165) is 31.1 Å². The van der Waals surface area contributed by atoms with Gasteiger partial charge in [0.1, 0.15) is 0 Å². The van der Waals surface area contributed by atoms with Gasteiger partial charge in [-0.1, -0.05) is 13.3 Å². The molecule has 136 valence electrons. The fourth-order valence-corrected chi connectivity index (χ4v) is 4.52. The van der Waals surface area contributed by atoms with Crippen LogP contribution < -0.4 is 10.0 Å². The molecule has 1 saturated heterocycles. The van der Waals surface area contributed by atoms with E-state index >= 15 is 0 Å². The number of sulfonamides is 1. The molecule has 1 unspecified atom stereocenters. The summed E-state index contributed by atoms with van der Waals surface area (Å²) in [6.07, 6.45) is -1.87. The molecule has 1 atom stereocenters. The van der Waals surface area contributed by atoms with Crippen LogP contribution in [0.1, 0.15) is 31.7 Å². The predicted molar refractivity (Wildman–Crippen MR) is 90.8 cm³/mol. The molecule has 2 N–H and O–H groups in total. The number of rotatable bonds is 4. The number of anilines is 1. The van der Waals surface area contributed by atoms with Crippen LogP contribution in [0.25, 0.3) is 0 Å². The highest BCUT2D eigenvalue weighted by atomic mass is 32.2. The third-order valence-corrected chi connectivity index (χ3v) is 6.07. The Morgan fingerprint density at radius 1 is 1.33 bits per heavy atom. The summed E-state index contributed by atoms with van der Waals surface area (Å²) < 4.78 is 63.1. The average molecular weight is 382 g/mol. The molecule has 0 aromatic heterocycles. The first kappa shape index (κ1) is 19.4. The van der Waals surface area contributed by atoms with E-state index in [0.29, 0.717) is 19.2 Å². The minimum absolute atomic E-state index is 0.0264. The number of benzene rings is 1. The second kappa shape index (κ2) is 7.53. The Morgan fingerprint density at radius 3 is 2.62 bits per heavy atom. The van der Waals surface area contributed by atoms with E-state index in [1.807, 2.05) is 6.92 Å². The van der Waals surface area contributed by atoms with Crippen LogP contribution >= 0.6 is 11.8 Å². The monoisotopic (exact) mass is 382 g/mol. The number of thioether (sulfide) groups is 1. The third kappa shape index (κ3) is 4.80. The van der Waals surface area contributed by atoms with Crippen LogP contribution in [0, 0.1) is 0 Å². The largest absolute Gasteiger partial charge is 0.418 e. The lowest BCUT2D eigenvalue weighted by Crippen LogP contribution is -2.31. The molecule has 9 heteroatoms. The second-order valence-corrected chi connectivity index (χ2v) is 8.88. The summed E-state index contributed by atoms with van der Waals surface area (Å²) in [5, 5.41) is 5.25. The fraction of sp³-hybridized carbons (Fsp3) is 0.600. The Labute approximate surface area is 144 Å². The standard InChI is InChI=1S/C15H21F3N2O2S2/c1-2-23-11-5-3-4-8-20(10-11)14-7-6-12(24(19,21)22)9-13(14)15(16,17)18/h6-7,9,11H,2-5,8,10H2,1H3,(H2,19,21,22). The van der Waals surface area contributed by atoms with E-state index in [1.54, 1.807) is 16.7 Å². The zero-order chi connectivity index (χ0) is 18.0. The first-order chi connectivity index (χ1) is 11.1. The fourth-order valence-electron chi connectivity index (χ4n) is 2.89. The Balaban J connectivity index is 2.44. The third-order valence-electron chi connectivity index (χ3n) is 3.97. The summed E-state index contributed by atoms with van der Waals surface area (Å²) in [4.78, 5) is 1.20. The topological polar surface area (TPSA) is 63.4 Å². The van der Waals surface area contributed by atoms with E-state index in [9.17, 15) is 21.6 Å². The van der Waals surface area contributed by atoms with Gasteiger partial charge in [0, 0.05) is 24.0 Å². The van der Waals surface area contributed by atoms with Crippen molar-refractivity contribution in [3.05, 3.63) is 23.8 Å². The van der Waals surface area contributed by atoms with Gasteiger partial charge in [-0.3, -0.25) is 0 Å². The molecule has 0 bridgehead atoms. The summed E-state index contributed by atoms with van der Waals surface area (Å²) in [6.45, 7) is 3.08. The summed E-state index contributed by atoms with van der Waals surface area (Å²) >= 11 is 1.75. The molecule has 1 aromatic rings. The molecule has 24 heavy (non-hydrogen) atoms. The first-order valence-electron chi connectivity index (χ1n) is 7.73. The van der Waals surface area contributed by atoms with Crippen LogP contribution in [-0.2, 0) is 16.2 Å². The van der Waals surface area contributed by atoms with E-state index in [1.165, 1.54) is 6.07 Å². The highest BCUT2D eigenvalue weighted by Crippen LogP contribution is 2.39. The molecule has 1 aromatic carbocycles. The zero-order valence-electron chi connectivity index (χ0n) is 13.3. The Morgan fingerprint density at radius 2 is 2.04 bits per heavy atom. The number of nitrogens with two attached hydrogens (primary N) is 1. The molecule has 0 radical (unpaired) electrons. The summed E-state index contributed by atoms with van der Waals surface area (Å²) in [5.74, 6) is 0.912. The van der Waals surface area contributed by atoms with Crippen molar-refractivity contribution < 1.29 is 21.6 Å². The van der Waals surface area contributed by atoms with Crippen molar-refractivity contribution in [1.29, 1.82) is 0 Å². The van der Waals surface area contributed by atoms with Crippen molar-refractivity contribution >= 4 is 27.5 Å². The highest BCUT2D eigenvalue weighted by molar-refractivity contribution is 7.99. The zero-order valence-corrected chi connectivity index (χ0v) is 15.0. The molecule has 1 aliphatic rings. The predicted octanol–water partition coefficient (Wildman–Crippen LogP) is 3.46. The molecule has 0 spiro atoms. The lowest BCUT2D eigenvalue weighted by atomic mass is 10.1. The molecule has 1 aliphatic heterocycles. The van der Waals surface area contributed by atoms with Gasteiger partial charge >= 0.3 is 6.18 Å². The van der Waals surface area contributed by atoms with Gasteiger partial charge in [0.15, 0.2) is 0 Å². The second-order valence-electron chi connectivity index (χ2n) is 5.74. The first-order valence-corrected chi connectivity index (χ1v) is 10.3. The lowest BCUT2D eigenvalue weighted by Gasteiger charge is -2.29. The van der Waals surface area contributed by atoms with Crippen molar-refractivity contribution in [2.24, 2.45) is 5.14 Å². The molecule has 4 nitrogen and oxygen atoms in total. The van der Waals surface area contributed by atoms with Gasteiger partial charge in [0.2, 0.25) is 10.0 Å². The minimum atomic E-state index is -4.64. The SMILES string of the molecule is CCSC1CCCCN(c2ccc(S(N)(=O)=O)cc2C(F)(F)F)C1. The van der Waals surface area contributed by atoms with E-state index in [2.05, 4.69) is 0 Å². The number of hydrogen-bond acceptors (Lipinski definition) is 4. The van der Waals surface area contributed by atoms with Gasteiger partial charge in [-0.25, -0.2) is 13.6 Å². The lowest BCUT2D eigenvalue weighted by molar-refractivity contribution is -0.137. The van der Waals surface area contributed by atoms with Crippen LogP contribution in [0.3, 0.4) is 0 Å². The van der Waals surface area contributed by atoms with Gasteiger partial charge < -0.3 is 4.90 Å². The normalized spacial score (nSPS) is 20.0. The Hall–Kier alpha value is -0.930. The van der Waals surface area contributed by atoms with Crippen LogP contribution in [0.15, 0.2) is 23.1 Å².